The van der Waals surface area contributed by atoms with Crippen LogP contribution in [-0.4, -0.2) is 37.5 Å². The van der Waals surface area contributed by atoms with Crippen LogP contribution in [0.2, 0.25) is 0 Å². The first-order chi connectivity index (χ1) is 9.39. The van der Waals surface area contributed by atoms with E-state index in [1.165, 1.54) is 17.0 Å². The van der Waals surface area contributed by atoms with Crippen LogP contribution < -0.4 is 5.32 Å². The molecule has 9 heteroatoms. The Balaban J connectivity index is 0.00000220. The molecule has 1 saturated heterocycles. The highest BCUT2D eigenvalue weighted by Crippen LogP contribution is 2.34. The van der Waals surface area contributed by atoms with E-state index in [1.54, 1.807) is 0 Å². The predicted molar refractivity (Wildman–Crippen MR) is 79.1 cm³/mol. The summed E-state index contributed by atoms with van der Waals surface area (Å²) >= 11 is 0. The Hall–Kier alpha value is -0.630. The van der Waals surface area contributed by atoms with E-state index in [0.29, 0.717) is 26.2 Å². The van der Waals surface area contributed by atoms with Crippen molar-refractivity contribution in [2.75, 3.05) is 26.2 Å². The molecule has 0 aliphatic carbocycles. The number of alkyl halides is 5. The van der Waals surface area contributed by atoms with Gasteiger partial charge < -0.3 is 5.32 Å². The van der Waals surface area contributed by atoms with Gasteiger partial charge in [-0.05, 0) is 17.7 Å². The molecule has 0 spiro atoms. The van der Waals surface area contributed by atoms with Gasteiger partial charge in [0.2, 0.25) is 0 Å². The molecule has 0 aromatic heterocycles. The molecule has 1 aliphatic heterocycles. The van der Waals surface area contributed by atoms with Gasteiger partial charge in [0.25, 0.3) is 6.43 Å². The summed E-state index contributed by atoms with van der Waals surface area (Å²) in [5.41, 5.74) is -0.882. The third-order valence-corrected chi connectivity index (χ3v) is 3.34. The lowest BCUT2D eigenvalue weighted by atomic mass is 10.0. The highest BCUT2D eigenvalue weighted by molar-refractivity contribution is 5.85. The number of nitrogens with one attached hydrogen (secondary N) is 1. The van der Waals surface area contributed by atoms with Gasteiger partial charge in [-0.1, -0.05) is 12.1 Å². The van der Waals surface area contributed by atoms with Crippen LogP contribution in [-0.2, 0) is 6.18 Å². The van der Waals surface area contributed by atoms with Crippen LogP contribution >= 0.6 is 24.8 Å². The van der Waals surface area contributed by atoms with Crippen LogP contribution in [0.4, 0.5) is 22.0 Å². The van der Waals surface area contributed by atoms with Gasteiger partial charge in [-0.25, -0.2) is 8.78 Å². The van der Waals surface area contributed by atoms with Crippen LogP contribution in [0.15, 0.2) is 24.3 Å². The van der Waals surface area contributed by atoms with Crippen LogP contribution in [0.3, 0.4) is 0 Å². The van der Waals surface area contributed by atoms with E-state index < -0.39 is 24.2 Å². The molecular formula is C13H17Cl2F5N2. The minimum atomic E-state index is -4.52. The maximum absolute atomic E-state index is 13.3. The molecule has 22 heavy (non-hydrogen) atoms. The van der Waals surface area contributed by atoms with Crippen molar-refractivity contribution in [2.24, 2.45) is 0 Å². The van der Waals surface area contributed by atoms with Gasteiger partial charge in [0, 0.05) is 26.2 Å². The van der Waals surface area contributed by atoms with E-state index in [4.69, 9.17) is 0 Å². The lowest BCUT2D eigenvalue weighted by molar-refractivity contribution is -0.137. The third-order valence-electron chi connectivity index (χ3n) is 3.34. The lowest BCUT2D eigenvalue weighted by Gasteiger charge is -2.34. The molecule has 2 rings (SSSR count). The molecule has 0 amide bonds. The van der Waals surface area contributed by atoms with Crippen LogP contribution in [0.25, 0.3) is 0 Å². The summed E-state index contributed by atoms with van der Waals surface area (Å²) in [6.45, 7) is 1.90. The average molecular weight is 367 g/mol. The fraction of sp³-hybridized carbons (Fsp3) is 0.538. The lowest BCUT2D eigenvalue weighted by Crippen LogP contribution is -2.46. The SMILES string of the molecule is Cl.Cl.FC(F)[C@H](c1cccc(C(F)(F)F)c1)N1CCNCC1. The number of hydrogen-bond donors (Lipinski definition) is 1. The molecule has 1 aliphatic rings. The van der Waals surface area contributed by atoms with Crippen LogP contribution in [0, 0.1) is 0 Å². The first-order valence-electron chi connectivity index (χ1n) is 6.29. The number of piperazine rings is 1. The molecule has 1 fully saturated rings. The minimum absolute atomic E-state index is 0. The van der Waals surface area contributed by atoms with Gasteiger partial charge in [0.15, 0.2) is 0 Å². The Morgan fingerprint density at radius 3 is 2.14 bits per heavy atom. The zero-order chi connectivity index (χ0) is 14.8. The Morgan fingerprint density at radius 1 is 1.05 bits per heavy atom. The zero-order valence-corrected chi connectivity index (χ0v) is 13.1. The number of rotatable bonds is 3. The smallest absolute Gasteiger partial charge is 0.314 e. The van der Waals surface area contributed by atoms with E-state index in [1.807, 2.05) is 0 Å². The van der Waals surface area contributed by atoms with E-state index >= 15 is 0 Å². The minimum Gasteiger partial charge on any atom is -0.314 e. The first kappa shape index (κ1) is 21.4. The molecule has 1 heterocycles. The summed E-state index contributed by atoms with van der Waals surface area (Å²) in [5, 5.41) is 3.03. The van der Waals surface area contributed by atoms with Gasteiger partial charge >= 0.3 is 6.18 Å². The normalized spacial score (nSPS) is 17.5. The number of hydrogen-bond acceptors (Lipinski definition) is 2. The summed E-state index contributed by atoms with van der Waals surface area (Å²) in [5.74, 6) is 0. The van der Waals surface area contributed by atoms with Gasteiger partial charge in [-0.3, -0.25) is 4.90 Å². The Kier molecular flexibility index (Phi) is 8.61. The highest BCUT2D eigenvalue weighted by atomic mass is 35.5. The van der Waals surface area contributed by atoms with E-state index in [9.17, 15) is 22.0 Å². The Morgan fingerprint density at radius 2 is 1.64 bits per heavy atom. The van der Waals surface area contributed by atoms with Crippen molar-refractivity contribution in [1.29, 1.82) is 0 Å². The van der Waals surface area contributed by atoms with Crippen molar-refractivity contribution < 1.29 is 22.0 Å². The maximum atomic E-state index is 13.3. The third kappa shape index (κ3) is 5.22. The maximum Gasteiger partial charge on any atom is 0.416 e. The van der Waals surface area contributed by atoms with Crippen molar-refractivity contribution >= 4 is 24.8 Å². The van der Waals surface area contributed by atoms with Crippen molar-refractivity contribution in [3.8, 4) is 0 Å². The van der Waals surface area contributed by atoms with Crippen molar-refractivity contribution in [1.82, 2.24) is 10.2 Å². The molecule has 1 atom stereocenters. The van der Waals surface area contributed by atoms with Gasteiger partial charge in [0.05, 0.1) is 11.6 Å². The van der Waals surface area contributed by atoms with Crippen molar-refractivity contribution in [3.05, 3.63) is 35.4 Å². The monoisotopic (exact) mass is 366 g/mol. The van der Waals surface area contributed by atoms with Crippen LogP contribution in [0.5, 0.6) is 0 Å². The van der Waals surface area contributed by atoms with Gasteiger partial charge in [0.1, 0.15) is 0 Å². The summed E-state index contributed by atoms with van der Waals surface area (Å²) in [6, 6.07) is 2.92. The van der Waals surface area contributed by atoms with Gasteiger partial charge in [-0.15, -0.1) is 24.8 Å². The van der Waals surface area contributed by atoms with E-state index in [-0.39, 0.29) is 30.4 Å². The van der Waals surface area contributed by atoms with Crippen molar-refractivity contribution in [3.63, 3.8) is 0 Å². The number of halogens is 7. The van der Waals surface area contributed by atoms with Gasteiger partial charge in [-0.2, -0.15) is 13.2 Å². The molecule has 0 unspecified atom stereocenters. The van der Waals surface area contributed by atoms with E-state index in [0.717, 1.165) is 12.1 Å². The summed E-state index contributed by atoms with van der Waals surface area (Å²) in [7, 11) is 0. The highest BCUT2D eigenvalue weighted by Gasteiger charge is 2.34. The number of nitrogens with zero attached hydrogens (tertiary/aromatic N) is 1. The zero-order valence-electron chi connectivity index (χ0n) is 11.4. The number of benzene rings is 1. The fourth-order valence-electron chi connectivity index (χ4n) is 2.37. The quantitative estimate of drug-likeness (QED) is 0.819. The van der Waals surface area contributed by atoms with Crippen LogP contribution in [0.1, 0.15) is 17.2 Å². The Bertz CT molecular complexity index is 450. The van der Waals surface area contributed by atoms with Crippen molar-refractivity contribution in [2.45, 2.75) is 18.6 Å². The molecule has 2 nitrogen and oxygen atoms in total. The predicted octanol–water partition coefficient (Wildman–Crippen LogP) is 3.76. The summed E-state index contributed by atoms with van der Waals surface area (Å²) < 4.78 is 64.5. The molecular weight excluding hydrogens is 350 g/mol. The second-order valence-corrected chi connectivity index (χ2v) is 4.69. The fourth-order valence-corrected chi connectivity index (χ4v) is 2.37. The molecule has 0 radical (unpaired) electrons. The molecule has 1 N–H and O–H groups in total. The second kappa shape index (κ2) is 8.86. The average Bonchev–Trinajstić information content (AvgIpc) is 2.39. The summed E-state index contributed by atoms with van der Waals surface area (Å²) in [6.07, 6.45) is -7.25. The Labute approximate surface area is 137 Å². The largest absolute Gasteiger partial charge is 0.416 e. The molecule has 0 saturated carbocycles. The topological polar surface area (TPSA) is 15.3 Å². The second-order valence-electron chi connectivity index (χ2n) is 4.69. The summed E-state index contributed by atoms with van der Waals surface area (Å²) in [4.78, 5) is 1.52. The van der Waals surface area contributed by atoms with E-state index in [2.05, 4.69) is 5.32 Å². The molecule has 1 aromatic carbocycles. The standard InChI is InChI=1S/C13H15F5N2.2ClH/c14-12(15)11(20-6-4-19-5-7-20)9-2-1-3-10(8-9)13(16,17)18;;/h1-3,8,11-12,19H,4-7H2;2*1H/t11-;;/m0../s1. The first-order valence-corrected chi connectivity index (χ1v) is 6.29. The molecule has 128 valence electrons. The molecule has 1 aromatic rings. The molecule has 0 bridgehead atoms.